The zero-order chi connectivity index (χ0) is 16.8. The Labute approximate surface area is 140 Å². The predicted molar refractivity (Wildman–Crippen MR) is 87.7 cm³/mol. The zero-order valence-electron chi connectivity index (χ0n) is 13.8. The number of benzene rings is 1. The highest BCUT2D eigenvalue weighted by Crippen LogP contribution is 2.08. The van der Waals surface area contributed by atoms with Crippen molar-refractivity contribution in [2.45, 2.75) is 19.4 Å². The zero-order valence-corrected chi connectivity index (χ0v) is 13.8. The molecule has 8 heteroatoms. The molecule has 1 N–H and O–H groups in total. The quantitative estimate of drug-likeness (QED) is 0.805. The first kappa shape index (κ1) is 16.5. The molecule has 0 saturated carbocycles. The number of nitrogens with zero attached hydrogens (tertiary/aromatic N) is 5. The van der Waals surface area contributed by atoms with Gasteiger partial charge in [-0.15, -0.1) is 5.10 Å². The van der Waals surface area contributed by atoms with Crippen LogP contribution in [0.4, 0.5) is 0 Å². The highest BCUT2D eigenvalue weighted by Gasteiger charge is 2.15. The monoisotopic (exact) mass is 330 g/mol. The third kappa shape index (κ3) is 4.59. The van der Waals surface area contributed by atoms with Crippen LogP contribution in [0.2, 0.25) is 0 Å². The van der Waals surface area contributed by atoms with Crippen LogP contribution in [0.1, 0.15) is 12.5 Å². The Hall–Kier alpha value is -2.32. The van der Waals surface area contributed by atoms with Crippen LogP contribution in [0.3, 0.4) is 0 Å². The summed E-state index contributed by atoms with van der Waals surface area (Å²) in [4.78, 5) is 14.5. The first-order valence-electron chi connectivity index (χ1n) is 8.12. The van der Waals surface area contributed by atoms with Crippen LogP contribution in [0.15, 0.2) is 30.6 Å². The molecule has 1 atom stereocenters. The Balaban J connectivity index is 1.47. The molecule has 1 saturated heterocycles. The number of carbonyl (C=O) groups is 1. The SMILES string of the molecule is CC(CN1CCOCC1)NC(=O)Cc1ccc(-n2cnnn2)cc1. The number of ether oxygens (including phenoxy) is 1. The number of nitrogens with one attached hydrogen (secondary N) is 1. The van der Waals surface area contributed by atoms with E-state index >= 15 is 0 Å². The van der Waals surface area contributed by atoms with E-state index in [0.717, 1.165) is 44.1 Å². The third-order valence-corrected chi connectivity index (χ3v) is 3.96. The number of rotatable bonds is 6. The molecule has 2 aromatic rings. The highest BCUT2D eigenvalue weighted by atomic mass is 16.5. The van der Waals surface area contributed by atoms with Gasteiger partial charge in [0.2, 0.25) is 5.91 Å². The average Bonchev–Trinajstić information content (AvgIpc) is 3.10. The fourth-order valence-electron chi connectivity index (χ4n) is 2.77. The molecule has 1 aliphatic heterocycles. The molecule has 128 valence electrons. The van der Waals surface area contributed by atoms with E-state index < -0.39 is 0 Å². The first-order chi connectivity index (χ1) is 11.7. The molecule has 1 aliphatic rings. The average molecular weight is 330 g/mol. The lowest BCUT2D eigenvalue weighted by Gasteiger charge is -2.29. The Bertz CT molecular complexity index is 637. The van der Waals surface area contributed by atoms with Crippen molar-refractivity contribution in [3.8, 4) is 5.69 Å². The van der Waals surface area contributed by atoms with Gasteiger partial charge in [0, 0.05) is 25.7 Å². The number of hydrogen-bond donors (Lipinski definition) is 1. The Morgan fingerprint density at radius 2 is 2.04 bits per heavy atom. The maximum absolute atomic E-state index is 12.2. The molecule has 8 nitrogen and oxygen atoms in total. The van der Waals surface area contributed by atoms with Gasteiger partial charge in [0.25, 0.3) is 0 Å². The van der Waals surface area contributed by atoms with Crippen LogP contribution >= 0.6 is 0 Å². The number of amides is 1. The molecule has 0 spiro atoms. The fourth-order valence-corrected chi connectivity index (χ4v) is 2.77. The number of morpholine rings is 1. The lowest BCUT2D eigenvalue weighted by Crippen LogP contribution is -2.46. The lowest BCUT2D eigenvalue weighted by atomic mass is 10.1. The molecule has 0 bridgehead atoms. The molecule has 1 aromatic heterocycles. The second-order valence-corrected chi connectivity index (χ2v) is 5.98. The molecule has 1 aromatic carbocycles. The minimum Gasteiger partial charge on any atom is -0.379 e. The number of carbonyl (C=O) groups excluding carboxylic acids is 1. The van der Waals surface area contributed by atoms with E-state index in [1.54, 1.807) is 4.68 Å². The summed E-state index contributed by atoms with van der Waals surface area (Å²) in [6.07, 6.45) is 1.90. The molecule has 2 heterocycles. The van der Waals surface area contributed by atoms with Crippen molar-refractivity contribution in [1.82, 2.24) is 30.4 Å². The molecule has 3 rings (SSSR count). The molecular weight excluding hydrogens is 308 g/mol. The summed E-state index contributed by atoms with van der Waals surface area (Å²) in [5.41, 5.74) is 1.83. The second kappa shape index (κ2) is 7.98. The van der Waals surface area contributed by atoms with E-state index in [4.69, 9.17) is 4.74 Å². The summed E-state index contributed by atoms with van der Waals surface area (Å²) in [5, 5.41) is 14.1. The number of tetrazole rings is 1. The summed E-state index contributed by atoms with van der Waals surface area (Å²) < 4.78 is 6.91. The van der Waals surface area contributed by atoms with Crippen molar-refractivity contribution in [1.29, 1.82) is 0 Å². The van der Waals surface area contributed by atoms with E-state index in [0.29, 0.717) is 6.42 Å². The van der Waals surface area contributed by atoms with Gasteiger partial charge in [-0.1, -0.05) is 12.1 Å². The van der Waals surface area contributed by atoms with Crippen LogP contribution in [-0.2, 0) is 16.0 Å². The van der Waals surface area contributed by atoms with Crippen LogP contribution in [0, 0.1) is 0 Å². The van der Waals surface area contributed by atoms with Crippen LogP contribution in [0.25, 0.3) is 5.69 Å². The predicted octanol–water partition coefficient (Wildman–Crippen LogP) is 0.0417. The summed E-state index contributed by atoms with van der Waals surface area (Å²) in [6.45, 7) is 6.29. The normalized spacial score (nSPS) is 16.7. The molecule has 0 radical (unpaired) electrons. The van der Waals surface area contributed by atoms with Gasteiger partial charge in [0.1, 0.15) is 6.33 Å². The van der Waals surface area contributed by atoms with Crippen molar-refractivity contribution < 1.29 is 9.53 Å². The van der Waals surface area contributed by atoms with Gasteiger partial charge in [-0.05, 0) is 35.0 Å². The van der Waals surface area contributed by atoms with Crippen molar-refractivity contribution >= 4 is 5.91 Å². The highest BCUT2D eigenvalue weighted by molar-refractivity contribution is 5.78. The van der Waals surface area contributed by atoms with Crippen LogP contribution in [-0.4, -0.2) is 69.9 Å². The van der Waals surface area contributed by atoms with Crippen molar-refractivity contribution in [3.05, 3.63) is 36.2 Å². The van der Waals surface area contributed by atoms with Gasteiger partial charge >= 0.3 is 0 Å². The van der Waals surface area contributed by atoms with Gasteiger partial charge in [-0.25, -0.2) is 4.68 Å². The second-order valence-electron chi connectivity index (χ2n) is 5.98. The molecule has 0 aliphatic carbocycles. The van der Waals surface area contributed by atoms with Gasteiger partial charge in [-0.3, -0.25) is 9.69 Å². The van der Waals surface area contributed by atoms with Gasteiger partial charge < -0.3 is 10.1 Å². The van der Waals surface area contributed by atoms with Crippen molar-refractivity contribution in [3.63, 3.8) is 0 Å². The molecule has 24 heavy (non-hydrogen) atoms. The minimum atomic E-state index is 0.0333. The molecule has 1 amide bonds. The Kier molecular flexibility index (Phi) is 5.50. The largest absolute Gasteiger partial charge is 0.379 e. The summed E-state index contributed by atoms with van der Waals surface area (Å²) in [6, 6.07) is 7.76. The fraction of sp³-hybridized carbons (Fsp3) is 0.500. The molecule has 1 unspecified atom stereocenters. The Morgan fingerprint density at radius 1 is 1.29 bits per heavy atom. The van der Waals surface area contributed by atoms with Crippen LogP contribution < -0.4 is 5.32 Å². The van der Waals surface area contributed by atoms with E-state index in [1.807, 2.05) is 31.2 Å². The van der Waals surface area contributed by atoms with E-state index in [2.05, 4.69) is 25.7 Å². The van der Waals surface area contributed by atoms with E-state index in [9.17, 15) is 4.79 Å². The van der Waals surface area contributed by atoms with Gasteiger partial charge in [0.05, 0.1) is 25.3 Å². The van der Waals surface area contributed by atoms with Crippen LogP contribution in [0.5, 0.6) is 0 Å². The van der Waals surface area contributed by atoms with Crippen molar-refractivity contribution in [2.24, 2.45) is 0 Å². The summed E-state index contributed by atoms with van der Waals surface area (Å²) in [5.74, 6) is 0.0333. The lowest BCUT2D eigenvalue weighted by molar-refractivity contribution is -0.121. The maximum Gasteiger partial charge on any atom is 0.224 e. The molecule has 1 fully saturated rings. The van der Waals surface area contributed by atoms with E-state index in [-0.39, 0.29) is 11.9 Å². The Morgan fingerprint density at radius 3 is 2.71 bits per heavy atom. The standard InChI is InChI=1S/C16H22N6O2/c1-13(11-21-6-8-24-9-7-21)18-16(23)10-14-2-4-15(5-3-14)22-12-17-19-20-22/h2-5,12-13H,6-11H2,1H3,(H,18,23). The topological polar surface area (TPSA) is 85.2 Å². The van der Waals surface area contributed by atoms with Gasteiger partial charge in [-0.2, -0.15) is 0 Å². The maximum atomic E-state index is 12.2. The minimum absolute atomic E-state index is 0.0333. The third-order valence-electron chi connectivity index (χ3n) is 3.96. The van der Waals surface area contributed by atoms with E-state index in [1.165, 1.54) is 6.33 Å². The molecular formula is C16H22N6O2. The summed E-state index contributed by atoms with van der Waals surface area (Å²) >= 11 is 0. The number of hydrogen-bond acceptors (Lipinski definition) is 6. The summed E-state index contributed by atoms with van der Waals surface area (Å²) in [7, 11) is 0. The van der Waals surface area contributed by atoms with Crippen molar-refractivity contribution in [2.75, 3.05) is 32.8 Å². The van der Waals surface area contributed by atoms with Gasteiger partial charge in [0.15, 0.2) is 0 Å². The smallest absolute Gasteiger partial charge is 0.224 e. The first-order valence-corrected chi connectivity index (χ1v) is 8.12. The number of aromatic nitrogens is 4.